The van der Waals surface area contributed by atoms with Crippen molar-refractivity contribution in [3.8, 4) is 0 Å². The van der Waals surface area contributed by atoms with E-state index in [4.69, 9.17) is 9.47 Å². The van der Waals surface area contributed by atoms with Gasteiger partial charge in [0, 0.05) is 45.3 Å². The molecule has 0 bridgehead atoms. The molecule has 0 aromatic carbocycles. The van der Waals surface area contributed by atoms with E-state index in [1.54, 1.807) is 0 Å². The average molecular weight is 316 g/mol. The third kappa shape index (κ3) is 9.74. The summed E-state index contributed by atoms with van der Waals surface area (Å²) < 4.78 is 11.2. The van der Waals surface area contributed by atoms with Crippen LogP contribution in [0, 0.1) is 5.92 Å². The van der Waals surface area contributed by atoms with Crippen LogP contribution in [0.2, 0.25) is 0 Å². The molecule has 1 aliphatic heterocycles. The average Bonchev–Trinajstić information content (AvgIpc) is 2.49. The zero-order chi connectivity index (χ0) is 16.2. The molecule has 0 aliphatic carbocycles. The molecule has 0 spiro atoms. The van der Waals surface area contributed by atoms with Gasteiger partial charge in [-0.05, 0) is 26.3 Å². The highest BCUT2D eigenvalue weighted by Gasteiger charge is 2.17. The molecule has 0 radical (unpaired) electrons. The normalized spacial score (nSPS) is 17.7. The predicted octanol–water partition coefficient (Wildman–Crippen LogP) is 1.29. The Morgan fingerprint density at radius 3 is 2.09 bits per heavy atom. The lowest BCUT2D eigenvalue weighted by molar-refractivity contribution is 0.0301. The van der Waals surface area contributed by atoms with Gasteiger partial charge < -0.3 is 14.8 Å². The van der Waals surface area contributed by atoms with Crippen LogP contribution in [-0.4, -0.2) is 88.1 Å². The number of nitrogens with zero attached hydrogens (tertiary/aromatic N) is 2. The van der Waals surface area contributed by atoms with Crippen LogP contribution in [0.15, 0.2) is 0 Å². The fourth-order valence-corrected chi connectivity index (χ4v) is 2.55. The van der Waals surface area contributed by atoms with Crippen LogP contribution in [0.4, 0.5) is 0 Å². The van der Waals surface area contributed by atoms with Crippen LogP contribution in [0.25, 0.3) is 0 Å². The molecule has 0 amide bonds. The van der Waals surface area contributed by atoms with Crippen LogP contribution in [0.3, 0.4) is 0 Å². The van der Waals surface area contributed by atoms with E-state index in [9.17, 15) is 0 Å². The van der Waals surface area contributed by atoms with E-state index >= 15 is 0 Å². The van der Waals surface area contributed by atoms with E-state index in [0.29, 0.717) is 25.2 Å². The van der Waals surface area contributed by atoms with Gasteiger partial charge in [-0.25, -0.2) is 0 Å². The summed E-state index contributed by atoms with van der Waals surface area (Å²) in [5.41, 5.74) is 0. The number of ether oxygens (including phenoxy) is 2. The molecule has 5 heteroatoms. The molecule has 1 aliphatic rings. The van der Waals surface area contributed by atoms with Crippen LogP contribution < -0.4 is 5.32 Å². The summed E-state index contributed by atoms with van der Waals surface area (Å²) >= 11 is 0. The molecule has 0 unspecified atom stereocenters. The summed E-state index contributed by atoms with van der Waals surface area (Å²) in [6, 6.07) is 0.672. The van der Waals surface area contributed by atoms with Crippen molar-refractivity contribution in [1.82, 2.24) is 15.1 Å². The zero-order valence-corrected chi connectivity index (χ0v) is 15.1. The summed E-state index contributed by atoms with van der Waals surface area (Å²) in [5, 5.41) is 3.36. The van der Waals surface area contributed by atoms with Crippen LogP contribution in [0.5, 0.6) is 0 Å². The molecule has 0 aromatic rings. The highest BCUT2D eigenvalue weighted by molar-refractivity contribution is 4.73. The first-order valence-corrected chi connectivity index (χ1v) is 8.92. The summed E-state index contributed by atoms with van der Waals surface area (Å²) in [5.74, 6) is 0.700. The number of nitrogens with one attached hydrogen (secondary N) is 1. The van der Waals surface area contributed by atoms with Crippen LogP contribution >= 0.6 is 0 Å². The monoisotopic (exact) mass is 315 g/mol. The van der Waals surface area contributed by atoms with E-state index in [1.807, 2.05) is 0 Å². The van der Waals surface area contributed by atoms with Gasteiger partial charge in [0.25, 0.3) is 0 Å². The third-order valence-electron chi connectivity index (χ3n) is 4.04. The van der Waals surface area contributed by atoms with E-state index in [2.05, 4.69) is 42.8 Å². The van der Waals surface area contributed by atoms with Gasteiger partial charge in [-0.15, -0.1) is 0 Å². The first-order valence-electron chi connectivity index (χ1n) is 8.92. The summed E-state index contributed by atoms with van der Waals surface area (Å²) in [6.45, 7) is 19.7. The van der Waals surface area contributed by atoms with Gasteiger partial charge in [0.05, 0.1) is 26.4 Å². The largest absolute Gasteiger partial charge is 0.378 e. The van der Waals surface area contributed by atoms with E-state index < -0.39 is 0 Å². The Bertz CT molecular complexity index is 254. The fourth-order valence-electron chi connectivity index (χ4n) is 2.55. The number of hydrogen-bond donors (Lipinski definition) is 1. The molecule has 1 heterocycles. The summed E-state index contributed by atoms with van der Waals surface area (Å²) in [7, 11) is 0. The van der Waals surface area contributed by atoms with Crippen molar-refractivity contribution in [3.63, 3.8) is 0 Å². The maximum atomic E-state index is 5.65. The topological polar surface area (TPSA) is 37.0 Å². The van der Waals surface area contributed by atoms with Crippen molar-refractivity contribution in [2.75, 3.05) is 72.2 Å². The van der Waals surface area contributed by atoms with Gasteiger partial charge in [0.1, 0.15) is 0 Å². The lowest BCUT2D eigenvalue weighted by Crippen LogP contribution is -2.49. The molecule has 1 rings (SSSR count). The number of piperazine rings is 1. The minimum atomic E-state index is 0.672. The number of rotatable bonds is 12. The second-order valence-corrected chi connectivity index (χ2v) is 6.79. The van der Waals surface area contributed by atoms with Crippen molar-refractivity contribution in [2.24, 2.45) is 5.92 Å². The third-order valence-corrected chi connectivity index (χ3v) is 4.04. The summed E-state index contributed by atoms with van der Waals surface area (Å²) in [6.07, 6.45) is 0. The quantitative estimate of drug-likeness (QED) is 0.549. The zero-order valence-electron chi connectivity index (χ0n) is 15.1. The first-order chi connectivity index (χ1) is 10.6. The molecule has 0 atom stereocenters. The van der Waals surface area contributed by atoms with E-state index in [-0.39, 0.29) is 0 Å². The van der Waals surface area contributed by atoms with Crippen molar-refractivity contribution in [3.05, 3.63) is 0 Å². The Morgan fingerprint density at radius 2 is 1.50 bits per heavy atom. The molecule has 0 aromatic heterocycles. The van der Waals surface area contributed by atoms with Gasteiger partial charge in [-0.3, -0.25) is 9.80 Å². The second-order valence-electron chi connectivity index (χ2n) is 6.79. The maximum Gasteiger partial charge on any atom is 0.0701 e. The van der Waals surface area contributed by atoms with Gasteiger partial charge in [0.2, 0.25) is 0 Å². The minimum Gasteiger partial charge on any atom is -0.378 e. The Hall–Kier alpha value is -0.200. The highest BCUT2D eigenvalue weighted by Crippen LogP contribution is 2.05. The highest BCUT2D eigenvalue weighted by atomic mass is 16.5. The van der Waals surface area contributed by atoms with E-state index in [0.717, 1.165) is 32.8 Å². The van der Waals surface area contributed by atoms with Gasteiger partial charge >= 0.3 is 0 Å². The predicted molar refractivity (Wildman–Crippen MR) is 92.5 cm³/mol. The smallest absolute Gasteiger partial charge is 0.0701 e. The Kier molecular flexibility index (Phi) is 11.1. The molecular weight excluding hydrogens is 278 g/mol. The molecule has 1 saturated heterocycles. The number of hydrogen-bond acceptors (Lipinski definition) is 5. The molecule has 0 saturated carbocycles. The SMILES string of the molecule is CC(C)CNCCOCCOCCN1CCN(C(C)C)CC1. The fraction of sp³-hybridized carbons (Fsp3) is 1.00. The first kappa shape index (κ1) is 19.8. The van der Waals surface area contributed by atoms with Crippen molar-refractivity contribution < 1.29 is 9.47 Å². The lowest BCUT2D eigenvalue weighted by atomic mass is 10.2. The Balaban J connectivity index is 1.82. The molecular formula is C17H37N3O2. The van der Waals surface area contributed by atoms with Gasteiger partial charge in [-0.2, -0.15) is 0 Å². The standard InChI is InChI=1S/C17H37N3O2/c1-16(2)15-18-5-11-21-13-14-22-12-10-19-6-8-20(9-7-19)17(3)4/h16-18H,5-15H2,1-4H3. The van der Waals surface area contributed by atoms with Crippen molar-refractivity contribution in [2.45, 2.75) is 33.7 Å². The Morgan fingerprint density at radius 1 is 0.864 bits per heavy atom. The second kappa shape index (κ2) is 12.3. The summed E-state index contributed by atoms with van der Waals surface area (Å²) in [4.78, 5) is 5.04. The van der Waals surface area contributed by atoms with Crippen LogP contribution in [0.1, 0.15) is 27.7 Å². The van der Waals surface area contributed by atoms with Crippen molar-refractivity contribution in [1.29, 1.82) is 0 Å². The van der Waals surface area contributed by atoms with Gasteiger partial charge in [-0.1, -0.05) is 13.8 Å². The van der Waals surface area contributed by atoms with Crippen molar-refractivity contribution >= 4 is 0 Å². The maximum absolute atomic E-state index is 5.65. The Labute approximate surface area is 137 Å². The molecule has 1 N–H and O–H groups in total. The molecule has 22 heavy (non-hydrogen) atoms. The minimum absolute atomic E-state index is 0.672. The van der Waals surface area contributed by atoms with Gasteiger partial charge in [0.15, 0.2) is 0 Å². The lowest BCUT2D eigenvalue weighted by Gasteiger charge is -2.36. The molecule has 132 valence electrons. The van der Waals surface area contributed by atoms with Crippen LogP contribution in [-0.2, 0) is 9.47 Å². The molecule has 1 fully saturated rings. The molecule has 5 nitrogen and oxygen atoms in total. The van der Waals surface area contributed by atoms with E-state index in [1.165, 1.54) is 26.2 Å².